The van der Waals surface area contributed by atoms with Crippen LogP contribution in [0.1, 0.15) is 44.2 Å². The molecule has 0 heterocycles. The molecule has 0 aromatic heterocycles. The van der Waals surface area contributed by atoms with E-state index in [9.17, 15) is 4.39 Å². The fourth-order valence-electron chi connectivity index (χ4n) is 3.86. The molecule has 0 bridgehead atoms. The van der Waals surface area contributed by atoms with Crippen molar-refractivity contribution < 1.29 is 4.39 Å². The Balaban J connectivity index is 2.01. The van der Waals surface area contributed by atoms with E-state index in [1.54, 1.807) is 6.08 Å². The number of anilines is 1. The number of rotatable bonds is 3. The highest BCUT2D eigenvalue weighted by Gasteiger charge is 2.37. The molecule has 1 aromatic carbocycles. The van der Waals surface area contributed by atoms with E-state index < -0.39 is 0 Å². The SMILES string of the molecule is C/C=C\C(F)=C(/C)N(I)c1cccc2c1CC1C(C)CC=CC21. The topological polar surface area (TPSA) is 3.24 Å². The van der Waals surface area contributed by atoms with Crippen molar-refractivity contribution in [2.75, 3.05) is 3.11 Å². The van der Waals surface area contributed by atoms with Gasteiger partial charge in [-0.25, -0.2) is 4.39 Å². The predicted molar refractivity (Wildman–Crippen MR) is 104 cm³/mol. The van der Waals surface area contributed by atoms with Gasteiger partial charge >= 0.3 is 0 Å². The summed E-state index contributed by atoms with van der Waals surface area (Å²) >= 11 is 2.22. The van der Waals surface area contributed by atoms with Crippen LogP contribution in [-0.4, -0.2) is 0 Å². The van der Waals surface area contributed by atoms with Crippen molar-refractivity contribution in [2.45, 2.75) is 39.5 Å². The lowest BCUT2D eigenvalue weighted by Gasteiger charge is -2.27. The van der Waals surface area contributed by atoms with E-state index in [4.69, 9.17) is 0 Å². The molecule has 0 N–H and O–H groups in total. The first-order chi connectivity index (χ1) is 11.0. The zero-order chi connectivity index (χ0) is 16.6. The Morgan fingerprint density at radius 3 is 2.91 bits per heavy atom. The molecule has 0 saturated carbocycles. The number of halogens is 2. The zero-order valence-electron chi connectivity index (χ0n) is 13.9. The van der Waals surface area contributed by atoms with Gasteiger partial charge in [0.2, 0.25) is 0 Å². The van der Waals surface area contributed by atoms with Gasteiger partial charge in [0.1, 0.15) is 5.83 Å². The molecule has 0 amide bonds. The van der Waals surface area contributed by atoms with Crippen LogP contribution in [-0.2, 0) is 6.42 Å². The monoisotopic (exact) mass is 423 g/mol. The van der Waals surface area contributed by atoms with Crippen LogP contribution in [0, 0.1) is 11.8 Å². The molecule has 0 fully saturated rings. The molecular weight excluding hydrogens is 400 g/mol. The number of hydrogen-bond donors (Lipinski definition) is 0. The standard InChI is InChI=1S/C20H23FIN/c1-4-7-19(21)14(3)23(22)20-11-6-10-16-15-9-5-8-13(2)17(15)12-18(16)20/h4-7,9-11,13,15,17H,8,12H2,1-3H3/b7-4-,19-14-. The summed E-state index contributed by atoms with van der Waals surface area (Å²) in [4.78, 5) is 0. The van der Waals surface area contributed by atoms with E-state index in [-0.39, 0.29) is 5.83 Å². The third kappa shape index (κ3) is 3.00. The Bertz CT molecular complexity index is 689. The number of nitrogens with zero attached hydrogens (tertiary/aromatic N) is 1. The molecule has 0 spiro atoms. The molecule has 2 aliphatic carbocycles. The highest BCUT2D eigenvalue weighted by Crippen LogP contribution is 2.49. The quantitative estimate of drug-likeness (QED) is 0.233. The molecule has 3 heteroatoms. The summed E-state index contributed by atoms with van der Waals surface area (Å²) in [7, 11) is 0. The Hall–Kier alpha value is -1.10. The molecule has 1 aromatic rings. The minimum atomic E-state index is -0.178. The number of allylic oxidation sites excluding steroid dienone is 6. The molecule has 0 radical (unpaired) electrons. The van der Waals surface area contributed by atoms with Crippen LogP contribution >= 0.6 is 22.9 Å². The first-order valence-electron chi connectivity index (χ1n) is 8.28. The molecule has 3 unspecified atom stereocenters. The molecule has 0 aliphatic heterocycles. The fraction of sp³-hybridized carbons (Fsp3) is 0.400. The Morgan fingerprint density at radius 1 is 1.39 bits per heavy atom. The molecule has 2 aliphatic rings. The largest absolute Gasteiger partial charge is 0.284 e. The minimum absolute atomic E-state index is 0.178. The van der Waals surface area contributed by atoms with Crippen molar-refractivity contribution in [3.8, 4) is 0 Å². The summed E-state index contributed by atoms with van der Waals surface area (Å²) in [5.74, 6) is 1.75. The maximum absolute atomic E-state index is 14.2. The van der Waals surface area contributed by atoms with Crippen molar-refractivity contribution >= 4 is 28.6 Å². The van der Waals surface area contributed by atoms with Gasteiger partial charge < -0.3 is 0 Å². The normalized spacial score (nSPS) is 26.9. The lowest BCUT2D eigenvalue weighted by atomic mass is 9.77. The van der Waals surface area contributed by atoms with Crippen LogP contribution in [0.15, 0.2) is 54.0 Å². The van der Waals surface area contributed by atoms with Crippen LogP contribution in [0.4, 0.5) is 10.1 Å². The second-order valence-electron chi connectivity index (χ2n) is 6.59. The minimum Gasteiger partial charge on any atom is -0.284 e. The molecule has 23 heavy (non-hydrogen) atoms. The van der Waals surface area contributed by atoms with Gasteiger partial charge in [-0.05, 0) is 61.8 Å². The van der Waals surface area contributed by atoms with Crippen molar-refractivity contribution in [1.82, 2.24) is 0 Å². The molecule has 0 saturated heterocycles. The maximum atomic E-state index is 14.2. The van der Waals surface area contributed by atoms with Crippen molar-refractivity contribution in [3.63, 3.8) is 0 Å². The summed E-state index contributed by atoms with van der Waals surface area (Å²) in [6.07, 6.45) is 10.2. The van der Waals surface area contributed by atoms with Gasteiger partial charge in [-0.15, -0.1) is 0 Å². The molecule has 122 valence electrons. The smallest absolute Gasteiger partial charge is 0.142 e. The van der Waals surface area contributed by atoms with Crippen molar-refractivity contribution in [3.05, 3.63) is 65.2 Å². The first-order valence-corrected chi connectivity index (χ1v) is 9.24. The summed E-state index contributed by atoms with van der Waals surface area (Å²) in [5, 5.41) is 0. The fourth-order valence-corrected chi connectivity index (χ4v) is 4.54. The van der Waals surface area contributed by atoms with E-state index in [1.165, 1.54) is 23.6 Å². The van der Waals surface area contributed by atoms with Gasteiger partial charge in [-0.2, -0.15) is 0 Å². The second-order valence-corrected chi connectivity index (χ2v) is 7.56. The van der Waals surface area contributed by atoms with E-state index in [0.29, 0.717) is 23.5 Å². The van der Waals surface area contributed by atoms with Gasteiger partial charge in [0.15, 0.2) is 0 Å². The molecule has 1 nitrogen and oxygen atoms in total. The highest BCUT2D eigenvalue weighted by molar-refractivity contribution is 14.1. The Kier molecular flexibility index (Phi) is 4.95. The molecule has 3 rings (SSSR count). The third-order valence-corrected chi connectivity index (χ3v) is 6.44. The van der Waals surface area contributed by atoms with Crippen LogP contribution < -0.4 is 3.11 Å². The molecule has 3 atom stereocenters. The van der Waals surface area contributed by atoms with Crippen LogP contribution in [0.25, 0.3) is 0 Å². The van der Waals surface area contributed by atoms with Gasteiger partial charge in [0.25, 0.3) is 0 Å². The second kappa shape index (κ2) is 6.80. The van der Waals surface area contributed by atoms with Crippen LogP contribution in [0.5, 0.6) is 0 Å². The van der Waals surface area contributed by atoms with Crippen LogP contribution in [0.2, 0.25) is 0 Å². The maximum Gasteiger partial charge on any atom is 0.142 e. The lowest BCUT2D eigenvalue weighted by Crippen LogP contribution is -2.18. The summed E-state index contributed by atoms with van der Waals surface area (Å²) in [6.45, 7) is 6.03. The highest BCUT2D eigenvalue weighted by atomic mass is 127. The number of benzene rings is 1. The van der Waals surface area contributed by atoms with Crippen molar-refractivity contribution in [2.24, 2.45) is 11.8 Å². The van der Waals surface area contributed by atoms with E-state index >= 15 is 0 Å². The lowest BCUT2D eigenvalue weighted by molar-refractivity contribution is 0.336. The average Bonchev–Trinajstić information content (AvgIpc) is 2.94. The van der Waals surface area contributed by atoms with Gasteiger partial charge in [0.05, 0.1) is 34.2 Å². The van der Waals surface area contributed by atoms with E-state index in [0.717, 1.165) is 12.1 Å². The van der Waals surface area contributed by atoms with Gasteiger partial charge in [-0.3, -0.25) is 3.11 Å². The first kappa shape index (κ1) is 16.7. The Labute approximate surface area is 152 Å². The number of fused-ring (bicyclic) bond motifs is 3. The molecular formula is C20H23FIN. The summed E-state index contributed by atoms with van der Waals surface area (Å²) in [6, 6.07) is 6.47. The number of hydrogen-bond acceptors (Lipinski definition) is 1. The Morgan fingerprint density at radius 2 is 2.17 bits per heavy atom. The van der Waals surface area contributed by atoms with E-state index in [2.05, 4.69) is 60.1 Å². The van der Waals surface area contributed by atoms with Gasteiger partial charge in [-0.1, -0.05) is 37.3 Å². The van der Waals surface area contributed by atoms with Gasteiger partial charge in [0, 0.05) is 5.92 Å². The predicted octanol–water partition coefficient (Wildman–Crippen LogP) is 6.47. The summed E-state index contributed by atoms with van der Waals surface area (Å²) < 4.78 is 16.1. The van der Waals surface area contributed by atoms with Crippen molar-refractivity contribution in [1.29, 1.82) is 0 Å². The summed E-state index contributed by atoms with van der Waals surface area (Å²) in [5.41, 5.74) is 4.60. The van der Waals surface area contributed by atoms with Crippen LogP contribution in [0.3, 0.4) is 0 Å². The van der Waals surface area contributed by atoms with E-state index in [1.807, 2.05) is 17.0 Å². The average molecular weight is 423 g/mol. The zero-order valence-corrected chi connectivity index (χ0v) is 16.0. The third-order valence-electron chi connectivity index (χ3n) is 5.19.